The van der Waals surface area contributed by atoms with Crippen molar-refractivity contribution in [2.45, 2.75) is 36.9 Å². The Morgan fingerprint density at radius 2 is 2.04 bits per heavy atom. The third kappa shape index (κ3) is 4.58. The van der Waals surface area contributed by atoms with E-state index in [1.807, 2.05) is 30.5 Å². The highest BCUT2D eigenvalue weighted by atomic mass is 32.2. The fourth-order valence-electron chi connectivity index (χ4n) is 3.74. The maximum absolute atomic E-state index is 12.3. The molecule has 0 bridgehead atoms. The minimum atomic E-state index is -0.00369. The van der Waals surface area contributed by atoms with Gasteiger partial charge in [0, 0.05) is 35.7 Å². The van der Waals surface area contributed by atoms with E-state index in [1.165, 1.54) is 18.4 Å². The highest BCUT2D eigenvalue weighted by molar-refractivity contribution is 7.99. The molecule has 1 saturated carbocycles. The summed E-state index contributed by atoms with van der Waals surface area (Å²) in [7, 11) is 1.72. The molecule has 0 saturated heterocycles. The number of amides is 1. The summed E-state index contributed by atoms with van der Waals surface area (Å²) in [6, 6.07) is 12.2. The van der Waals surface area contributed by atoms with Crippen LogP contribution in [0.4, 0.5) is 0 Å². The number of pyridine rings is 1. The molecule has 26 heavy (non-hydrogen) atoms. The van der Waals surface area contributed by atoms with Gasteiger partial charge in [0.2, 0.25) is 5.91 Å². The van der Waals surface area contributed by atoms with Gasteiger partial charge in [0.1, 0.15) is 5.75 Å². The molecule has 0 atom stereocenters. The van der Waals surface area contributed by atoms with Crippen molar-refractivity contribution >= 4 is 17.7 Å². The predicted molar refractivity (Wildman–Crippen MR) is 107 cm³/mol. The molecule has 0 aliphatic heterocycles. The largest absolute Gasteiger partial charge is 0.496 e. The average Bonchev–Trinajstić information content (AvgIpc) is 3.17. The predicted octanol–water partition coefficient (Wildman–Crippen LogP) is 3.95. The number of methoxy groups -OCH3 is 1. The van der Waals surface area contributed by atoms with Crippen molar-refractivity contribution in [2.75, 3.05) is 19.4 Å². The fraction of sp³-hybridized carbons (Fsp3) is 0.429. The highest BCUT2D eigenvalue weighted by Gasteiger charge is 2.37. The molecule has 4 nitrogen and oxygen atoms in total. The van der Waals surface area contributed by atoms with Crippen LogP contribution in [0.25, 0.3) is 0 Å². The Kier molecular flexibility index (Phi) is 6.56. The molecule has 2 aromatic rings. The van der Waals surface area contributed by atoms with Crippen molar-refractivity contribution in [1.29, 1.82) is 0 Å². The number of ether oxygens (including phenoxy) is 1. The molecule has 138 valence electrons. The number of carbonyl (C=O) groups is 1. The van der Waals surface area contributed by atoms with E-state index in [0.29, 0.717) is 12.3 Å². The zero-order valence-electron chi connectivity index (χ0n) is 15.2. The van der Waals surface area contributed by atoms with Crippen molar-refractivity contribution in [2.24, 2.45) is 0 Å². The Labute approximate surface area is 159 Å². The van der Waals surface area contributed by atoms with Crippen molar-refractivity contribution in [3.63, 3.8) is 0 Å². The van der Waals surface area contributed by atoms with Gasteiger partial charge in [-0.3, -0.25) is 9.78 Å². The van der Waals surface area contributed by atoms with Crippen LogP contribution < -0.4 is 10.1 Å². The van der Waals surface area contributed by atoms with Crippen LogP contribution >= 0.6 is 11.8 Å². The topological polar surface area (TPSA) is 51.2 Å². The Morgan fingerprint density at radius 3 is 2.77 bits per heavy atom. The molecule has 1 aromatic carbocycles. The monoisotopic (exact) mass is 370 g/mol. The van der Waals surface area contributed by atoms with E-state index in [0.717, 1.165) is 29.9 Å². The van der Waals surface area contributed by atoms with Gasteiger partial charge in [-0.2, -0.15) is 0 Å². The quantitative estimate of drug-likeness (QED) is 0.764. The molecule has 1 heterocycles. The Hall–Kier alpha value is -2.01. The van der Waals surface area contributed by atoms with Crippen molar-refractivity contribution in [3.05, 3.63) is 59.9 Å². The standard InChI is InChI=1S/C21H26N2O2S/c1-25-19-9-3-2-8-18(19)21(10-4-5-11-21)16-23-20(24)15-26-14-17-7-6-12-22-13-17/h2-3,6-9,12-13H,4-5,10-11,14-16H2,1H3,(H,23,24). The van der Waals surface area contributed by atoms with E-state index in [2.05, 4.69) is 22.4 Å². The maximum Gasteiger partial charge on any atom is 0.230 e. The van der Waals surface area contributed by atoms with E-state index in [1.54, 1.807) is 25.1 Å². The Morgan fingerprint density at radius 1 is 1.23 bits per heavy atom. The van der Waals surface area contributed by atoms with Crippen LogP contribution in [-0.2, 0) is 16.0 Å². The minimum absolute atomic E-state index is 0.00369. The zero-order chi connectivity index (χ0) is 18.2. The second kappa shape index (κ2) is 9.08. The number of nitrogens with one attached hydrogen (secondary N) is 1. The van der Waals surface area contributed by atoms with Crippen LogP contribution in [0.2, 0.25) is 0 Å². The van der Waals surface area contributed by atoms with Gasteiger partial charge in [0.25, 0.3) is 0 Å². The summed E-state index contributed by atoms with van der Waals surface area (Å²) >= 11 is 1.62. The third-order valence-corrected chi connectivity index (χ3v) is 6.09. The molecule has 1 aromatic heterocycles. The average molecular weight is 371 g/mol. The molecule has 1 fully saturated rings. The van der Waals surface area contributed by atoms with Crippen LogP contribution in [0.15, 0.2) is 48.8 Å². The van der Waals surface area contributed by atoms with Crippen LogP contribution in [0.3, 0.4) is 0 Å². The summed E-state index contributed by atoms with van der Waals surface area (Å²) in [6.45, 7) is 0.680. The lowest BCUT2D eigenvalue weighted by Gasteiger charge is -2.31. The number of hydrogen-bond acceptors (Lipinski definition) is 4. The Balaban J connectivity index is 1.56. The van der Waals surface area contributed by atoms with Gasteiger partial charge in [0.15, 0.2) is 0 Å². The number of benzene rings is 1. The second-order valence-electron chi connectivity index (χ2n) is 6.82. The van der Waals surface area contributed by atoms with Gasteiger partial charge in [0.05, 0.1) is 12.9 Å². The highest BCUT2D eigenvalue weighted by Crippen LogP contribution is 2.44. The smallest absolute Gasteiger partial charge is 0.230 e. The number of para-hydroxylation sites is 1. The molecule has 3 rings (SSSR count). The number of aromatic nitrogens is 1. The summed E-state index contributed by atoms with van der Waals surface area (Å²) in [5, 5.41) is 3.17. The Bertz CT molecular complexity index is 715. The van der Waals surface area contributed by atoms with Gasteiger partial charge in [-0.1, -0.05) is 37.1 Å². The molecule has 0 radical (unpaired) electrons. The van der Waals surface area contributed by atoms with Crippen LogP contribution in [0, 0.1) is 0 Å². The number of carbonyl (C=O) groups excluding carboxylic acids is 1. The lowest BCUT2D eigenvalue weighted by molar-refractivity contribution is -0.118. The van der Waals surface area contributed by atoms with E-state index in [9.17, 15) is 4.79 Å². The van der Waals surface area contributed by atoms with Crippen molar-refractivity contribution in [1.82, 2.24) is 10.3 Å². The van der Waals surface area contributed by atoms with Crippen molar-refractivity contribution in [3.8, 4) is 5.75 Å². The summed E-state index contributed by atoms with van der Waals surface area (Å²) in [5.74, 6) is 2.30. The molecular weight excluding hydrogens is 344 g/mol. The van der Waals surface area contributed by atoms with Crippen LogP contribution in [0.5, 0.6) is 5.75 Å². The molecule has 0 unspecified atom stereocenters. The van der Waals surface area contributed by atoms with Gasteiger partial charge < -0.3 is 10.1 Å². The van der Waals surface area contributed by atoms with Gasteiger partial charge in [-0.05, 0) is 30.5 Å². The molecule has 5 heteroatoms. The third-order valence-electron chi connectivity index (χ3n) is 5.09. The first-order valence-electron chi connectivity index (χ1n) is 9.10. The molecule has 1 N–H and O–H groups in total. The van der Waals surface area contributed by atoms with Gasteiger partial charge in [-0.15, -0.1) is 11.8 Å². The number of rotatable bonds is 8. The normalized spacial score (nSPS) is 15.6. The number of nitrogens with zero attached hydrogens (tertiary/aromatic N) is 1. The summed E-state index contributed by atoms with van der Waals surface area (Å²) in [6.07, 6.45) is 8.19. The first kappa shape index (κ1) is 18.8. The van der Waals surface area contributed by atoms with Crippen molar-refractivity contribution < 1.29 is 9.53 Å². The number of hydrogen-bond donors (Lipinski definition) is 1. The molecule has 1 aliphatic carbocycles. The molecular formula is C21H26N2O2S. The maximum atomic E-state index is 12.3. The summed E-state index contributed by atoms with van der Waals surface area (Å²) in [5.41, 5.74) is 2.37. The second-order valence-corrected chi connectivity index (χ2v) is 7.80. The number of thioether (sulfide) groups is 1. The zero-order valence-corrected chi connectivity index (χ0v) is 16.1. The first-order valence-corrected chi connectivity index (χ1v) is 10.3. The lowest BCUT2D eigenvalue weighted by Crippen LogP contribution is -2.40. The van der Waals surface area contributed by atoms with Gasteiger partial charge >= 0.3 is 0 Å². The molecule has 0 spiro atoms. The summed E-state index contributed by atoms with van der Waals surface area (Å²) in [4.78, 5) is 16.4. The fourth-order valence-corrected chi connectivity index (χ4v) is 4.54. The SMILES string of the molecule is COc1ccccc1C1(CNC(=O)CSCc2cccnc2)CCCC1. The van der Waals surface area contributed by atoms with E-state index >= 15 is 0 Å². The van der Waals surface area contributed by atoms with Gasteiger partial charge in [-0.25, -0.2) is 0 Å². The minimum Gasteiger partial charge on any atom is -0.496 e. The first-order chi connectivity index (χ1) is 12.7. The van der Waals surface area contributed by atoms with E-state index in [4.69, 9.17) is 4.74 Å². The molecule has 1 aliphatic rings. The van der Waals surface area contributed by atoms with E-state index in [-0.39, 0.29) is 11.3 Å². The lowest BCUT2D eigenvalue weighted by atomic mass is 9.78. The van der Waals surface area contributed by atoms with E-state index < -0.39 is 0 Å². The van der Waals surface area contributed by atoms with Crippen LogP contribution in [-0.4, -0.2) is 30.3 Å². The van der Waals surface area contributed by atoms with Crippen LogP contribution in [0.1, 0.15) is 36.8 Å². The molecule has 1 amide bonds. The summed E-state index contributed by atoms with van der Waals surface area (Å²) < 4.78 is 5.58.